The van der Waals surface area contributed by atoms with Crippen LogP contribution < -0.4 is 0 Å². The van der Waals surface area contributed by atoms with Crippen molar-refractivity contribution in [2.75, 3.05) is 32.8 Å². The molecule has 97 valence electrons. The smallest absolute Gasteiger partial charge is 0.131 e. The van der Waals surface area contributed by atoms with Gasteiger partial charge >= 0.3 is 0 Å². The van der Waals surface area contributed by atoms with E-state index in [1.807, 2.05) is 0 Å². The van der Waals surface area contributed by atoms with Gasteiger partial charge in [-0.3, -0.25) is 0 Å². The van der Waals surface area contributed by atoms with Gasteiger partial charge in [-0.2, -0.15) is 0 Å². The fraction of sp³-hybridized carbons (Fsp3) is 1.00. The van der Waals surface area contributed by atoms with Crippen LogP contribution >= 0.6 is 0 Å². The Morgan fingerprint density at radius 2 is 1.06 bits per heavy atom. The second-order valence-corrected chi connectivity index (χ2v) is 5.00. The Balaban J connectivity index is 4.32. The van der Waals surface area contributed by atoms with Crippen molar-refractivity contribution in [3.63, 3.8) is 0 Å². The van der Waals surface area contributed by atoms with Crippen LogP contribution in [0.5, 0.6) is 0 Å². The van der Waals surface area contributed by atoms with Gasteiger partial charge in [0.15, 0.2) is 0 Å². The molecule has 0 saturated heterocycles. The largest absolute Gasteiger partial charge is 0.322 e. The molecule has 16 heavy (non-hydrogen) atoms. The molecule has 1 radical (unpaired) electrons. The number of unbranched alkanes of at least 4 members (excludes halogenated alkanes) is 3. The summed E-state index contributed by atoms with van der Waals surface area (Å²) in [7, 11) is 0. The van der Waals surface area contributed by atoms with Crippen molar-refractivity contribution < 1.29 is 9.59 Å². The molecule has 0 unspecified atom stereocenters. The van der Waals surface area contributed by atoms with Crippen LogP contribution in [0.3, 0.4) is 0 Å². The van der Waals surface area contributed by atoms with Crippen LogP contribution in [-0.2, 0) is 5.11 Å². The third kappa shape index (κ3) is 6.49. The lowest BCUT2D eigenvalue weighted by Crippen LogP contribution is -2.51. The maximum Gasteiger partial charge on any atom is 0.131 e. The first-order valence-electron chi connectivity index (χ1n) is 7.17. The maximum atomic E-state index is 11.0. The number of rotatable bonds is 11. The standard InChI is InChI=1S/C14H31NO/c1-4-7-10-15(13-14-16,11-8-5-2)12-9-6-3/h4-14H2,1-3H3/q+1. The minimum absolute atomic E-state index is 0.0944. The molecule has 2 heteroatoms. The predicted octanol–water partition coefficient (Wildman–Crippen LogP) is 3.63. The summed E-state index contributed by atoms with van der Waals surface area (Å²) in [5.41, 5.74) is 0. The van der Waals surface area contributed by atoms with Crippen molar-refractivity contribution in [1.82, 2.24) is 0 Å². The number of nitrogens with zero attached hydrogens (tertiary/aromatic N) is 1. The first-order valence-corrected chi connectivity index (χ1v) is 7.17. The van der Waals surface area contributed by atoms with Crippen LogP contribution in [0, 0.1) is 0 Å². The van der Waals surface area contributed by atoms with Crippen molar-refractivity contribution >= 4 is 0 Å². The summed E-state index contributed by atoms with van der Waals surface area (Å²) in [4.78, 5) is 0. The van der Waals surface area contributed by atoms with Gasteiger partial charge in [-0.05, 0) is 19.3 Å². The van der Waals surface area contributed by atoms with Gasteiger partial charge in [0.2, 0.25) is 0 Å². The molecule has 0 N–H and O–H groups in total. The second kappa shape index (κ2) is 10.1. The van der Waals surface area contributed by atoms with Crippen LogP contribution in [0.2, 0.25) is 0 Å². The zero-order chi connectivity index (χ0) is 12.3. The van der Waals surface area contributed by atoms with Crippen LogP contribution in [-0.4, -0.2) is 37.3 Å². The summed E-state index contributed by atoms with van der Waals surface area (Å²) < 4.78 is 1.10. The molecule has 0 aromatic rings. The van der Waals surface area contributed by atoms with Gasteiger partial charge in [0.05, 0.1) is 19.6 Å². The van der Waals surface area contributed by atoms with E-state index in [4.69, 9.17) is 0 Å². The van der Waals surface area contributed by atoms with Gasteiger partial charge in [-0.1, -0.05) is 40.0 Å². The van der Waals surface area contributed by atoms with E-state index in [1.54, 1.807) is 0 Å². The molecular weight excluding hydrogens is 198 g/mol. The van der Waals surface area contributed by atoms with Crippen molar-refractivity contribution in [3.8, 4) is 0 Å². The molecule has 0 bridgehead atoms. The van der Waals surface area contributed by atoms with E-state index in [-0.39, 0.29) is 6.61 Å². The third-order valence-corrected chi connectivity index (χ3v) is 3.52. The quantitative estimate of drug-likeness (QED) is 0.482. The molecule has 0 heterocycles. The summed E-state index contributed by atoms with van der Waals surface area (Å²) in [5.74, 6) is 0. The molecule has 0 rings (SSSR count). The zero-order valence-electron chi connectivity index (χ0n) is 11.6. The van der Waals surface area contributed by atoms with Crippen LogP contribution in [0.4, 0.5) is 0 Å². The number of hydrogen-bond donors (Lipinski definition) is 0. The lowest BCUT2D eigenvalue weighted by molar-refractivity contribution is -0.929. The fourth-order valence-electron chi connectivity index (χ4n) is 2.35. The lowest BCUT2D eigenvalue weighted by atomic mass is 10.1. The normalized spacial score (nSPS) is 12.0. The Hall–Kier alpha value is -0.0800. The highest BCUT2D eigenvalue weighted by Gasteiger charge is 2.24. The summed E-state index contributed by atoms with van der Waals surface area (Å²) in [6, 6.07) is 0. The van der Waals surface area contributed by atoms with E-state index < -0.39 is 0 Å². The fourth-order valence-corrected chi connectivity index (χ4v) is 2.35. The number of hydrogen-bond acceptors (Lipinski definition) is 0. The van der Waals surface area contributed by atoms with Crippen molar-refractivity contribution in [2.24, 2.45) is 0 Å². The topological polar surface area (TPSA) is 19.9 Å². The maximum absolute atomic E-state index is 11.0. The van der Waals surface area contributed by atoms with Crippen LogP contribution in [0.1, 0.15) is 59.3 Å². The zero-order valence-corrected chi connectivity index (χ0v) is 11.6. The highest BCUT2D eigenvalue weighted by molar-refractivity contribution is 4.48. The molecule has 0 aromatic carbocycles. The predicted molar refractivity (Wildman–Crippen MR) is 70.0 cm³/mol. The van der Waals surface area contributed by atoms with E-state index >= 15 is 0 Å². The van der Waals surface area contributed by atoms with E-state index in [2.05, 4.69) is 20.8 Å². The second-order valence-electron chi connectivity index (χ2n) is 5.00. The van der Waals surface area contributed by atoms with Crippen molar-refractivity contribution in [3.05, 3.63) is 0 Å². The Bertz CT molecular complexity index is 126. The molecule has 0 spiro atoms. The van der Waals surface area contributed by atoms with Crippen molar-refractivity contribution in [1.29, 1.82) is 0 Å². The summed E-state index contributed by atoms with van der Waals surface area (Å²) >= 11 is 0. The summed E-state index contributed by atoms with van der Waals surface area (Å²) in [6.07, 6.45) is 7.56. The molecule has 0 fully saturated rings. The first-order chi connectivity index (χ1) is 7.74. The molecule has 0 atom stereocenters. The highest BCUT2D eigenvalue weighted by atomic mass is 16.3. The van der Waals surface area contributed by atoms with Gasteiger partial charge in [-0.15, -0.1) is 0 Å². The van der Waals surface area contributed by atoms with Crippen molar-refractivity contribution in [2.45, 2.75) is 59.3 Å². The molecule has 0 aromatic heterocycles. The average Bonchev–Trinajstić information content (AvgIpc) is 2.31. The van der Waals surface area contributed by atoms with Gasteiger partial charge in [0.1, 0.15) is 13.2 Å². The minimum atomic E-state index is 0.0944. The van der Waals surface area contributed by atoms with E-state index in [1.165, 1.54) is 58.2 Å². The molecular formula is C14H31NO+. The van der Waals surface area contributed by atoms with Gasteiger partial charge in [-0.25, -0.2) is 5.11 Å². The molecule has 0 saturated carbocycles. The van der Waals surface area contributed by atoms with E-state index in [9.17, 15) is 5.11 Å². The molecule has 0 aliphatic heterocycles. The Kier molecular flexibility index (Phi) is 10.0. The SMILES string of the molecule is CCCC[N+](CC[O])(CCCC)CCCC. The van der Waals surface area contributed by atoms with Crippen LogP contribution in [0.25, 0.3) is 0 Å². The monoisotopic (exact) mass is 229 g/mol. The first kappa shape index (κ1) is 15.9. The molecule has 0 amide bonds. The Labute approximate surface area is 102 Å². The van der Waals surface area contributed by atoms with Gasteiger partial charge in [0.25, 0.3) is 0 Å². The molecule has 0 aliphatic carbocycles. The van der Waals surface area contributed by atoms with Gasteiger partial charge in [0, 0.05) is 0 Å². The minimum Gasteiger partial charge on any atom is -0.322 e. The molecule has 0 aliphatic rings. The summed E-state index contributed by atoms with van der Waals surface area (Å²) in [5, 5.41) is 11.0. The Morgan fingerprint density at radius 1 is 0.688 bits per heavy atom. The lowest BCUT2D eigenvalue weighted by Gasteiger charge is -2.38. The third-order valence-electron chi connectivity index (χ3n) is 3.52. The average molecular weight is 229 g/mol. The van der Waals surface area contributed by atoms with Gasteiger partial charge < -0.3 is 4.48 Å². The van der Waals surface area contributed by atoms with E-state index in [0.717, 1.165) is 11.0 Å². The Morgan fingerprint density at radius 3 is 1.31 bits per heavy atom. The molecule has 2 nitrogen and oxygen atoms in total. The summed E-state index contributed by atoms with van der Waals surface area (Å²) in [6.45, 7) is 11.3. The number of quaternary nitrogens is 1. The van der Waals surface area contributed by atoms with Crippen LogP contribution in [0.15, 0.2) is 0 Å². The van der Waals surface area contributed by atoms with E-state index in [0.29, 0.717) is 0 Å². The highest BCUT2D eigenvalue weighted by Crippen LogP contribution is 2.14.